The number of nitrogens with one attached hydrogen (secondary N) is 4. The summed E-state index contributed by atoms with van der Waals surface area (Å²) >= 11 is 18.8. The van der Waals surface area contributed by atoms with E-state index in [1.54, 1.807) is 17.1 Å². The van der Waals surface area contributed by atoms with Gasteiger partial charge >= 0.3 is 0 Å². The molecule has 0 fully saturated rings. The fraction of sp³-hybridized carbons (Fsp3) is 0.148. The molecule has 1 aliphatic rings. The minimum atomic E-state index is -0.554. The van der Waals surface area contributed by atoms with Crippen LogP contribution in [0.4, 0.5) is 21.5 Å². The highest BCUT2D eigenvalue weighted by molar-refractivity contribution is 6.36. The number of nitrogens with zero attached hydrogens (tertiary/aromatic N) is 4. The SMILES string of the molecule is Cc1nc(Cl)ccc1[C@H](Nc1cc(Cl)c2ncc(C#N)c(Nc3ccc(F)c(Cl)c3)c2c1)C1=CN(CCO)NN1. The zero-order valence-corrected chi connectivity index (χ0v) is 23.2. The summed E-state index contributed by atoms with van der Waals surface area (Å²) in [5, 5.41) is 28.8. The maximum Gasteiger partial charge on any atom is 0.141 e. The van der Waals surface area contributed by atoms with Gasteiger partial charge in [-0.05, 0) is 43.3 Å². The van der Waals surface area contributed by atoms with E-state index < -0.39 is 11.9 Å². The second kappa shape index (κ2) is 11.7. The summed E-state index contributed by atoms with van der Waals surface area (Å²) in [5.74, 6) is -0.554. The minimum absolute atomic E-state index is 0.0400. The van der Waals surface area contributed by atoms with Crippen molar-refractivity contribution in [2.75, 3.05) is 23.8 Å². The van der Waals surface area contributed by atoms with Crippen molar-refractivity contribution in [3.8, 4) is 6.07 Å². The second-order valence-corrected chi connectivity index (χ2v) is 10.1. The first kappa shape index (κ1) is 27.7. The first-order valence-electron chi connectivity index (χ1n) is 12.0. The fourth-order valence-electron chi connectivity index (χ4n) is 4.36. The van der Waals surface area contributed by atoms with E-state index in [1.807, 2.05) is 25.3 Å². The highest BCUT2D eigenvalue weighted by Gasteiger charge is 2.25. The third-order valence-electron chi connectivity index (χ3n) is 6.24. The summed E-state index contributed by atoms with van der Waals surface area (Å²) in [4.78, 5) is 8.80. The van der Waals surface area contributed by atoms with Crippen molar-refractivity contribution < 1.29 is 9.50 Å². The summed E-state index contributed by atoms with van der Waals surface area (Å²) < 4.78 is 13.8. The van der Waals surface area contributed by atoms with Gasteiger partial charge in [0.05, 0.1) is 51.7 Å². The Morgan fingerprint density at radius 1 is 1.12 bits per heavy atom. The lowest BCUT2D eigenvalue weighted by atomic mass is 10.0. The number of benzene rings is 2. The molecule has 0 unspecified atom stereocenters. The molecule has 9 nitrogen and oxygen atoms in total. The molecule has 5 rings (SSSR count). The highest BCUT2D eigenvalue weighted by Crippen LogP contribution is 2.37. The van der Waals surface area contributed by atoms with E-state index in [9.17, 15) is 14.8 Å². The molecule has 0 aliphatic carbocycles. The maximum absolute atomic E-state index is 13.8. The lowest BCUT2D eigenvalue weighted by molar-refractivity contribution is 0.195. The van der Waals surface area contributed by atoms with Crippen LogP contribution in [0.25, 0.3) is 10.9 Å². The summed E-state index contributed by atoms with van der Waals surface area (Å²) in [6, 6.07) is 13.0. The van der Waals surface area contributed by atoms with Crippen molar-refractivity contribution in [3.63, 3.8) is 0 Å². The lowest BCUT2D eigenvalue weighted by Crippen LogP contribution is -2.39. The summed E-state index contributed by atoms with van der Waals surface area (Å²) in [5.41, 5.74) is 10.7. The Kier molecular flexibility index (Phi) is 8.12. The third-order valence-corrected chi connectivity index (χ3v) is 7.03. The van der Waals surface area contributed by atoms with Crippen LogP contribution >= 0.6 is 34.8 Å². The normalized spacial score (nSPS) is 13.5. The molecule has 13 heteroatoms. The molecule has 0 amide bonds. The lowest BCUT2D eigenvalue weighted by Gasteiger charge is -2.23. The Balaban J connectivity index is 1.60. The number of fused-ring (bicyclic) bond motifs is 1. The monoisotopic (exact) mass is 598 g/mol. The van der Waals surface area contributed by atoms with Crippen LogP contribution in [0.1, 0.15) is 22.9 Å². The molecule has 40 heavy (non-hydrogen) atoms. The van der Waals surface area contributed by atoms with Crippen molar-refractivity contribution >= 4 is 62.8 Å². The molecule has 3 heterocycles. The van der Waals surface area contributed by atoms with Crippen molar-refractivity contribution in [2.24, 2.45) is 0 Å². The van der Waals surface area contributed by atoms with Crippen LogP contribution in [-0.2, 0) is 0 Å². The van der Waals surface area contributed by atoms with Crippen LogP contribution in [0, 0.1) is 24.1 Å². The van der Waals surface area contributed by atoms with Gasteiger partial charge in [0.25, 0.3) is 0 Å². The number of β-amino-alcohol motifs (C(OH)–C–C–N with tert-alkyl or cyclic N) is 1. The predicted molar refractivity (Wildman–Crippen MR) is 155 cm³/mol. The largest absolute Gasteiger partial charge is 0.394 e. The van der Waals surface area contributed by atoms with Crippen molar-refractivity contribution in [3.05, 3.63) is 98.4 Å². The molecular formula is C27H22Cl3FN8O. The Morgan fingerprint density at radius 3 is 2.65 bits per heavy atom. The zero-order chi connectivity index (χ0) is 28.4. The first-order valence-corrected chi connectivity index (χ1v) is 13.2. The zero-order valence-electron chi connectivity index (χ0n) is 20.9. The fourth-order valence-corrected chi connectivity index (χ4v) is 5.00. The number of halogens is 4. The molecule has 5 N–H and O–H groups in total. The topological polar surface area (TPSA) is 121 Å². The maximum atomic E-state index is 13.8. The highest BCUT2D eigenvalue weighted by atomic mass is 35.5. The quantitative estimate of drug-likeness (QED) is 0.156. The van der Waals surface area contributed by atoms with Crippen LogP contribution < -0.4 is 21.6 Å². The Labute approximate surface area is 244 Å². The number of aryl methyl sites for hydroxylation is 1. The molecule has 4 aromatic rings. The molecule has 2 aromatic carbocycles. The van der Waals surface area contributed by atoms with E-state index >= 15 is 0 Å². The van der Waals surface area contributed by atoms with E-state index in [2.05, 4.69) is 37.6 Å². The summed E-state index contributed by atoms with van der Waals surface area (Å²) in [6.07, 6.45) is 3.26. The van der Waals surface area contributed by atoms with Crippen molar-refractivity contribution in [1.29, 1.82) is 5.26 Å². The van der Waals surface area contributed by atoms with Gasteiger partial charge in [-0.3, -0.25) is 9.99 Å². The molecule has 0 saturated heterocycles. The molecular weight excluding hydrogens is 578 g/mol. The predicted octanol–water partition coefficient (Wildman–Crippen LogP) is 5.96. The molecule has 1 aliphatic heterocycles. The van der Waals surface area contributed by atoms with Gasteiger partial charge in [0.2, 0.25) is 0 Å². The van der Waals surface area contributed by atoms with Crippen LogP contribution in [0.5, 0.6) is 0 Å². The van der Waals surface area contributed by atoms with Crippen LogP contribution in [0.15, 0.2) is 60.6 Å². The average Bonchev–Trinajstić information content (AvgIpc) is 3.39. The number of hydrazine groups is 2. The summed E-state index contributed by atoms with van der Waals surface area (Å²) in [7, 11) is 0. The van der Waals surface area contributed by atoms with Gasteiger partial charge in [-0.25, -0.2) is 9.37 Å². The van der Waals surface area contributed by atoms with Crippen molar-refractivity contribution in [1.82, 2.24) is 25.9 Å². The molecule has 0 bridgehead atoms. The standard InChI is InChI=1S/C27H22Cl3FN8O/c1-14-18(3-5-24(30)34-14)27(23-13-39(6-7-40)38-37-23)36-17-8-19-25(35-16-2-4-22(31)20(28)9-16)15(11-32)12-33-26(19)21(29)10-17/h2-5,8-10,12-13,27,36-38,40H,6-7H2,1H3,(H,33,35)/t27-/m0/s1. The number of anilines is 3. The van der Waals surface area contributed by atoms with Crippen LogP contribution in [-0.4, -0.2) is 33.2 Å². The van der Waals surface area contributed by atoms with Crippen LogP contribution in [0.3, 0.4) is 0 Å². The van der Waals surface area contributed by atoms with Gasteiger partial charge in [-0.2, -0.15) is 5.26 Å². The smallest absolute Gasteiger partial charge is 0.141 e. The molecule has 0 spiro atoms. The van der Waals surface area contributed by atoms with E-state index in [4.69, 9.17) is 34.8 Å². The molecule has 2 aromatic heterocycles. The summed E-state index contributed by atoms with van der Waals surface area (Å²) in [6.45, 7) is 2.19. The first-order chi connectivity index (χ1) is 19.3. The Hall–Kier alpha value is -3.85. The number of nitriles is 1. The van der Waals surface area contributed by atoms with Crippen LogP contribution in [0.2, 0.25) is 15.2 Å². The van der Waals surface area contributed by atoms with Gasteiger partial charge in [0.15, 0.2) is 0 Å². The molecule has 204 valence electrons. The molecule has 1 atom stereocenters. The number of hydrogen-bond donors (Lipinski definition) is 5. The second-order valence-electron chi connectivity index (χ2n) is 8.89. The van der Waals surface area contributed by atoms with Crippen molar-refractivity contribution in [2.45, 2.75) is 13.0 Å². The van der Waals surface area contributed by atoms with Gasteiger partial charge < -0.3 is 21.2 Å². The number of aliphatic hydroxyl groups excluding tert-OH is 1. The molecule has 0 saturated carbocycles. The Bertz CT molecular complexity index is 1680. The van der Waals surface area contributed by atoms with E-state index in [1.165, 1.54) is 24.4 Å². The number of pyridine rings is 2. The molecule has 0 radical (unpaired) electrons. The van der Waals surface area contributed by atoms with Gasteiger partial charge in [-0.1, -0.05) is 40.9 Å². The van der Waals surface area contributed by atoms with Gasteiger partial charge in [0, 0.05) is 40.4 Å². The van der Waals surface area contributed by atoms with Gasteiger partial charge in [0.1, 0.15) is 17.0 Å². The number of aliphatic hydroxyl groups is 1. The third kappa shape index (κ3) is 5.70. The van der Waals surface area contributed by atoms with E-state index in [0.29, 0.717) is 50.4 Å². The van der Waals surface area contributed by atoms with Gasteiger partial charge in [-0.15, -0.1) is 5.53 Å². The minimum Gasteiger partial charge on any atom is -0.394 e. The Morgan fingerprint density at radius 2 is 1.93 bits per heavy atom. The van der Waals surface area contributed by atoms with E-state index in [-0.39, 0.29) is 17.2 Å². The number of hydrogen-bond acceptors (Lipinski definition) is 9. The number of rotatable bonds is 8. The number of aromatic nitrogens is 2. The average molecular weight is 600 g/mol. The van der Waals surface area contributed by atoms with E-state index in [0.717, 1.165) is 11.3 Å².